The Hall–Kier alpha value is -2.67. The minimum Gasteiger partial charge on any atom is -0.461 e. The highest BCUT2D eigenvalue weighted by molar-refractivity contribution is 6.30. The Morgan fingerprint density at radius 2 is 1.88 bits per heavy atom. The second-order valence-corrected chi connectivity index (χ2v) is 12.7. The second-order valence-electron chi connectivity index (χ2n) is 12.3. The van der Waals surface area contributed by atoms with Crippen molar-refractivity contribution < 1.29 is 31.8 Å². The molecule has 4 fully saturated rings. The fourth-order valence-electron chi connectivity index (χ4n) is 6.64. The third kappa shape index (κ3) is 4.49. The van der Waals surface area contributed by atoms with E-state index in [4.69, 9.17) is 21.1 Å². The first-order valence-electron chi connectivity index (χ1n) is 13.4. The number of alkyl halides is 3. The Kier molecular flexibility index (Phi) is 6.30. The molecule has 0 aliphatic carbocycles. The molecule has 14 heteroatoms. The Bertz CT molecular complexity index is 1350. The third-order valence-corrected chi connectivity index (χ3v) is 8.53. The van der Waals surface area contributed by atoms with Crippen molar-refractivity contribution in [2.24, 2.45) is 0 Å². The van der Waals surface area contributed by atoms with Gasteiger partial charge in [-0.15, -0.1) is 0 Å². The van der Waals surface area contributed by atoms with Gasteiger partial charge in [-0.05, 0) is 40.2 Å². The zero-order valence-electron chi connectivity index (χ0n) is 22.5. The standard InChI is InChI=1S/C26H31ClF4N6O3/c1-23(2,3)40-22(38)37-25(30)6-7-26(37,31)13-35(12-25)20-16-10-32-19(27)17(29)18(16)33-21(34-20)39-14-24-5-4-8-36(24)11-15(28)9-24/h10,15H,4-9,11-14H2,1-3H3/t15-,24+,25?,26?/m1/s1. The molecule has 218 valence electrons. The first kappa shape index (κ1) is 27.5. The molecule has 2 aromatic heterocycles. The lowest BCUT2D eigenvalue weighted by Crippen LogP contribution is -2.66. The number of hydrogen-bond acceptors (Lipinski definition) is 8. The van der Waals surface area contributed by atoms with Crippen molar-refractivity contribution in [3.8, 4) is 6.01 Å². The number of fused-ring (bicyclic) bond motifs is 4. The number of amides is 1. The van der Waals surface area contributed by atoms with E-state index >= 15 is 13.2 Å². The SMILES string of the molecule is CC(C)(C)OC(=O)N1C2(F)CCC1(F)CN(c1nc(OC[C@@]34CCCN3C[C@H](F)C4)nc3c(F)c(Cl)ncc13)C2. The van der Waals surface area contributed by atoms with Gasteiger partial charge < -0.3 is 14.4 Å². The summed E-state index contributed by atoms with van der Waals surface area (Å²) in [5.41, 5.74) is -1.69. The number of anilines is 1. The van der Waals surface area contributed by atoms with E-state index in [1.165, 1.54) is 11.1 Å². The quantitative estimate of drug-likeness (QED) is 0.283. The molecule has 2 unspecified atom stereocenters. The summed E-state index contributed by atoms with van der Waals surface area (Å²) in [5.74, 6) is -5.75. The van der Waals surface area contributed by atoms with Crippen LogP contribution in [0.5, 0.6) is 6.01 Å². The van der Waals surface area contributed by atoms with E-state index in [1.807, 2.05) is 4.90 Å². The van der Waals surface area contributed by atoms with Crippen LogP contribution in [0.25, 0.3) is 10.9 Å². The minimum absolute atomic E-state index is 0.00609. The fourth-order valence-corrected chi connectivity index (χ4v) is 6.78. The van der Waals surface area contributed by atoms with E-state index in [-0.39, 0.29) is 42.2 Å². The first-order valence-corrected chi connectivity index (χ1v) is 13.8. The molecule has 6 rings (SSSR count). The van der Waals surface area contributed by atoms with Crippen molar-refractivity contribution in [2.45, 2.75) is 81.8 Å². The average Bonchev–Trinajstić information content (AvgIpc) is 3.43. The lowest BCUT2D eigenvalue weighted by Gasteiger charge is -2.47. The monoisotopic (exact) mass is 586 g/mol. The van der Waals surface area contributed by atoms with Crippen molar-refractivity contribution in [3.05, 3.63) is 17.2 Å². The molecule has 40 heavy (non-hydrogen) atoms. The number of piperazine rings is 1. The number of hydrogen-bond donors (Lipinski definition) is 0. The summed E-state index contributed by atoms with van der Waals surface area (Å²) in [6, 6.07) is -0.227. The number of rotatable bonds is 4. The molecule has 6 heterocycles. The fraction of sp³-hybridized carbons (Fsp3) is 0.692. The van der Waals surface area contributed by atoms with Crippen LogP contribution in [0.3, 0.4) is 0 Å². The summed E-state index contributed by atoms with van der Waals surface area (Å²) in [6.45, 7) is 5.09. The number of aromatic nitrogens is 3. The van der Waals surface area contributed by atoms with Crippen LogP contribution in [0.1, 0.15) is 52.9 Å². The molecule has 4 saturated heterocycles. The van der Waals surface area contributed by atoms with Crippen molar-refractivity contribution in [1.29, 1.82) is 0 Å². The summed E-state index contributed by atoms with van der Waals surface area (Å²) in [5, 5.41) is -0.352. The smallest absolute Gasteiger partial charge is 0.415 e. The van der Waals surface area contributed by atoms with E-state index in [0.29, 0.717) is 17.9 Å². The van der Waals surface area contributed by atoms with Crippen molar-refractivity contribution in [2.75, 3.05) is 37.7 Å². The molecule has 0 spiro atoms. The maximum absolute atomic E-state index is 16.3. The van der Waals surface area contributed by atoms with Crippen LogP contribution in [0.4, 0.5) is 28.2 Å². The Labute approximate surface area is 233 Å². The maximum atomic E-state index is 16.3. The zero-order chi connectivity index (χ0) is 28.7. The van der Waals surface area contributed by atoms with E-state index in [2.05, 4.69) is 15.0 Å². The number of carbonyl (C=O) groups is 1. The molecule has 1 amide bonds. The number of nitrogens with zero attached hydrogens (tertiary/aromatic N) is 6. The van der Waals surface area contributed by atoms with Crippen molar-refractivity contribution >= 4 is 34.4 Å². The largest absolute Gasteiger partial charge is 0.461 e. The van der Waals surface area contributed by atoms with Crippen LogP contribution >= 0.6 is 11.6 Å². The lowest BCUT2D eigenvalue weighted by molar-refractivity contribution is -0.115. The molecule has 9 nitrogen and oxygen atoms in total. The number of pyridine rings is 1. The van der Waals surface area contributed by atoms with Crippen LogP contribution < -0.4 is 9.64 Å². The molecule has 0 saturated carbocycles. The highest BCUT2D eigenvalue weighted by Gasteiger charge is 2.65. The normalized spacial score (nSPS) is 32.1. The van der Waals surface area contributed by atoms with Gasteiger partial charge in [0.15, 0.2) is 11.0 Å². The second kappa shape index (κ2) is 9.17. The topological polar surface area (TPSA) is 83.9 Å². The van der Waals surface area contributed by atoms with E-state index < -0.39 is 59.1 Å². The summed E-state index contributed by atoms with van der Waals surface area (Å²) < 4.78 is 73.3. The highest BCUT2D eigenvalue weighted by Crippen LogP contribution is 2.50. The summed E-state index contributed by atoms with van der Waals surface area (Å²) in [6.07, 6.45) is 0.596. The third-order valence-electron chi connectivity index (χ3n) is 8.27. The molecular weight excluding hydrogens is 556 g/mol. The zero-order valence-corrected chi connectivity index (χ0v) is 23.3. The van der Waals surface area contributed by atoms with Crippen LogP contribution in [0.2, 0.25) is 5.15 Å². The summed E-state index contributed by atoms with van der Waals surface area (Å²) in [4.78, 5) is 29.3. The maximum Gasteiger partial charge on any atom is 0.415 e. The molecule has 4 aliphatic heterocycles. The molecule has 4 atom stereocenters. The summed E-state index contributed by atoms with van der Waals surface area (Å²) in [7, 11) is 0. The van der Waals surface area contributed by atoms with Gasteiger partial charge in [0.25, 0.3) is 0 Å². The number of carbonyl (C=O) groups excluding carboxylic acids is 1. The van der Waals surface area contributed by atoms with E-state index in [0.717, 1.165) is 19.4 Å². The number of halogens is 5. The highest BCUT2D eigenvalue weighted by atomic mass is 35.5. The van der Waals surface area contributed by atoms with Crippen LogP contribution in [-0.2, 0) is 4.74 Å². The predicted octanol–water partition coefficient (Wildman–Crippen LogP) is 4.96. The van der Waals surface area contributed by atoms with Gasteiger partial charge in [-0.25, -0.2) is 32.2 Å². The molecule has 0 aromatic carbocycles. The average molecular weight is 587 g/mol. The van der Waals surface area contributed by atoms with Crippen molar-refractivity contribution in [1.82, 2.24) is 24.8 Å². The minimum atomic E-state index is -2.41. The van der Waals surface area contributed by atoms with Gasteiger partial charge in [0, 0.05) is 32.0 Å². The van der Waals surface area contributed by atoms with Gasteiger partial charge in [0.2, 0.25) is 11.6 Å². The van der Waals surface area contributed by atoms with Gasteiger partial charge in [0.1, 0.15) is 29.7 Å². The van der Waals surface area contributed by atoms with Crippen LogP contribution in [0.15, 0.2) is 6.20 Å². The van der Waals surface area contributed by atoms with Crippen LogP contribution in [-0.4, -0.2) is 92.5 Å². The van der Waals surface area contributed by atoms with E-state index in [1.54, 1.807) is 20.8 Å². The van der Waals surface area contributed by atoms with E-state index in [9.17, 15) is 9.18 Å². The molecular formula is C26H31ClF4N6O3. The molecule has 0 N–H and O–H groups in total. The van der Waals surface area contributed by atoms with Crippen LogP contribution in [0, 0.1) is 5.82 Å². The van der Waals surface area contributed by atoms with Crippen molar-refractivity contribution in [3.63, 3.8) is 0 Å². The first-order chi connectivity index (χ1) is 18.7. The molecule has 0 radical (unpaired) electrons. The molecule has 2 aromatic rings. The summed E-state index contributed by atoms with van der Waals surface area (Å²) >= 11 is 5.93. The van der Waals surface area contributed by atoms with Gasteiger partial charge in [0.05, 0.1) is 24.0 Å². The predicted molar refractivity (Wildman–Crippen MR) is 138 cm³/mol. The Morgan fingerprint density at radius 3 is 2.55 bits per heavy atom. The Balaban J connectivity index is 1.35. The molecule has 4 aliphatic rings. The van der Waals surface area contributed by atoms with Gasteiger partial charge in [-0.2, -0.15) is 9.97 Å². The van der Waals surface area contributed by atoms with Gasteiger partial charge in [-0.3, -0.25) is 4.90 Å². The van der Waals surface area contributed by atoms with Gasteiger partial charge in [-0.1, -0.05) is 11.6 Å². The molecule has 2 bridgehead atoms. The number of ether oxygens (including phenoxy) is 2. The Morgan fingerprint density at radius 1 is 1.18 bits per heavy atom. The van der Waals surface area contributed by atoms with Gasteiger partial charge >= 0.3 is 12.1 Å². The lowest BCUT2D eigenvalue weighted by atomic mass is 9.95.